The molecule has 4 rings (SSSR count). The van der Waals surface area contributed by atoms with Gasteiger partial charge in [-0.2, -0.15) is 13.2 Å². The van der Waals surface area contributed by atoms with Crippen molar-refractivity contribution < 1.29 is 22.8 Å². The minimum Gasteiger partial charge on any atom is -0.327 e. The van der Waals surface area contributed by atoms with Gasteiger partial charge in [-0.3, -0.25) is 4.79 Å². The lowest BCUT2D eigenvalue weighted by atomic mass is 9.93. The standard InChI is InChI=1S/C25H20F3N3O2/c1-15-21(23(32)30-20-10-6-5-9-19(20)25(26,27)28)22(31-24(33)29-15)18-13-11-17(12-14-18)16-7-3-2-4-8-16/h2-14,22H,1H3,(H,30,32)(H2,29,31,33)/t22-/m0/s1. The van der Waals surface area contributed by atoms with Gasteiger partial charge in [0.2, 0.25) is 0 Å². The monoisotopic (exact) mass is 451 g/mol. The molecule has 0 radical (unpaired) electrons. The number of benzene rings is 3. The number of urea groups is 1. The number of carbonyl (C=O) groups excluding carboxylic acids is 2. The van der Waals surface area contributed by atoms with E-state index in [0.717, 1.165) is 17.2 Å². The van der Waals surface area contributed by atoms with E-state index in [9.17, 15) is 22.8 Å². The summed E-state index contributed by atoms with van der Waals surface area (Å²) in [6, 6.07) is 20.4. The fourth-order valence-electron chi connectivity index (χ4n) is 3.77. The molecule has 33 heavy (non-hydrogen) atoms. The predicted molar refractivity (Wildman–Crippen MR) is 119 cm³/mol. The van der Waals surface area contributed by atoms with Crippen molar-refractivity contribution in [2.24, 2.45) is 0 Å². The Morgan fingerprint density at radius 3 is 2.15 bits per heavy atom. The Labute approximate surface area is 188 Å². The maximum absolute atomic E-state index is 13.4. The van der Waals surface area contributed by atoms with Crippen molar-refractivity contribution in [3.63, 3.8) is 0 Å². The minimum atomic E-state index is -4.63. The van der Waals surface area contributed by atoms with Gasteiger partial charge in [-0.05, 0) is 35.7 Å². The Balaban J connectivity index is 1.66. The summed E-state index contributed by atoms with van der Waals surface area (Å²) in [5.74, 6) is -0.742. The predicted octanol–water partition coefficient (Wildman–Crippen LogP) is 5.64. The molecule has 1 aliphatic heterocycles. The highest BCUT2D eigenvalue weighted by atomic mass is 19.4. The van der Waals surface area contributed by atoms with Crippen LogP contribution in [0.5, 0.6) is 0 Å². The van der Waals surface area contributed by atoms with Crippen LogP contribution in [-0.2, 0) is 11.0 Å². The summed E-state index contributed by atoms with van der Waals surface area (Å²) in [6.07, 6.45) is -4.63. The quantitative estimate of drug-likeness (QED) is 0.481. The molecule has 0 saturated carbocycles. The molecule has 0 fully saturated rings. The highest BCUT2D eigenvalue weighted by Crippen LogP contribution is 2.36. The molecule has 0 aromatic heterocycles. The highest BCUT2D eigenvalue weighted by molar-refractivity contribution is 6.07. The normalized spacial score (nSPS) is 16.1. The highest BCUT2D eigenvalue weighted by Gasteiger charge is 2.35. The lowest BCUT2D eigenvalue weighted by Gasteiger charge is -2.29. The van der Waals surface area contributed by atoms with Crippen LogP contribution in [0.3, 0.4) is 0 Å². The zero-order chi connectivity index (χ0) is 23.6. The Bertz CT molecular complexity index is 1220. The molecule has 0 aliphatic carbocycles. The molecule has 0 bridgehead atoms. The van der Waals surface area contributed by atoms with Gasteiger partial charge >= 0.3 is 12.2 Å². The van der Waals surface area contributed by atoms with Crippen LogP contribution < -0.4 is 16.0 Å². The lowest BCUT2D eigenvalue weighted by molar-refractivity contribution is -0.137. The molecule has 168 valence electrons. The van der Waals surface area contributed by atoms with Gasteiger partial charge in [-0.1, -0.05) is 66.7 Å². The second-order valence-electron chi connectivity index (χ2n) is 7.56. The van der Waals surface area contributed by atoms with E-state index in [1.54, 1.807) is 12.1 Å². The Hall–Kier alpha value is -4.07. The van der Waals surface area contributed by atoms with Crippen molar-refractivity contribution in [1.29, 1.82) is 0 Å². The van der Waals surface area contributed by atoms with Crippen molar-refractivity contribution >= 4 is 17.6 Å². The number of halogens is 3. The Kier molecular flexibility index (Phi) is 5.91. The Morgan fingerprint density at radius 2 is 1.48 bits per heavy atom. The average molecular weight is 451 g/mol. The molecule has 3 aromatic carbocycles. The summed E-state index contributed by atoms with van der Waals surface area (Å²) < 4.78 is 40.1. The van der Waals surface area contributed by atoms with Crippen molar-refractivity contribution in [2.45, 2.75) is 19.1 Å². The molecule has 3 aromatic rings. The van der Waals surface area contributed by atoms with Crippen LogP contribution in [0.4, 0.5) is 23.7 Å². The molecule has 1 heterocycles. The number of hydrogen-bond acceptors (Lipinski definition) is 2. The van der Waals surface area contributed by atoms with Crippen LogP contribution in [0, 0.1) is 0 Å². The maximum atomic E-state index is 13.4. The zero-order valence-corrected chi connectivity index (χ0v) is 17.5. The average Bonchev–Trinajstić information content (AvgIpc) is 2.79. The molecular formula is C25H20F3N3O2. The summed E-state index contributed by atoms with van der Waals surface area (Å²) in [5.41, 5.74) is 1.66. The first-order chi connectivity index (χ1) is 15.7. The first kappa shape index (κ1) is 22.1. The zero-order valence-electron chi connectivity index (χ0n) is 17.5. The number of hydrogen-bond donors (Lipinski definition) is 3. The Morgan fingerprint density at radius 1 is 0.879 bits per heavy atom. The molecule has 8 heteroatoms. The summed E-state index contributed by atoms with van der Waals surface area (Å²) in [5, 5.41) is 7.58. The van der Waals surface area contributed by atoms with Crippen molar-refractivity contribution in [3.8, 4) is 11.1 Å². The number of alkyl halides is 3. The van der Waals surface area contributed by atoms with Crippen LogP contribution in [0.15, 0.2) is 90.1 Å². The minimum absolute atomic E-state index is 0.124. The van der Waals surface area contributed by atoms with E-state index in [0.29, 0.717) is 5.56 Å². The topological polar surface area (TPSA) is 70.2 Å². The second-order valence-corrected chi connectivity index (χ2v) is 7.56. The van der Waals surface area contributed by atoms with Gasteiger partial charge < -0.3 is 16.0 Å². The third-order valence-electron chi connectivity index (χ3n) is 5.35. The molecule has 3 amide bonds. The number of rotatable bonds is 4. The van der Waals surface area contributed by atoms with E-state index in [4.69, 9.17) is 0 Å². The number of amides is 3. The van der Waals surface area contributed by atoms with Crippen LogP contribution in [-0.4, -0.2) is 11.9 Å². The smallest absolute Gasteiger partial charge is 0.327 e. The van der Waals surface area contributed by atoms with Gasteiger partial charge in [0.1, 0.15) is 0 Å². The lowest BCUT2D eigenvalue weighted by Crippen LogP contribution is -2.46. The van der Waals surface area contributed by atoms with Crippen molar-refractivity contribution in [1.82, 2.24) is 10.6 Å². The molecule has 3 N–H and O–H groups in total. The summed E-state index contributed by atoms with van der Waals surface area (Å²) in [6.45, 7) is 1.54. The van der Waals surface area contributed by atoms with Crippen molar-refractivity contribution in [3.05, 3.63) is 101 Å². The molecule has 5 nitrogen and oxygen atoms in total. The van der Waals surface area contributed by atoms with E-state index in [-0.39, 0.29) is 17.0 Å². The third-order valence-corrected chi connectivity index (χ3v) is 5.35. The summed E-state index contributed by atoms with van der Waals surface area (Å²) in [7, 11) is 0. The SMILES string of the molecule is CC1=C(C(=O)Nc2ccccc2C(F)(F)F)[C@H](c2ccc(-c3ccccc3)cc2)NC(=O)N1. The number of nitrogens with one attached hydrogen (secondary N) is 3. The van der Waals surface area contributed by atoms with E-state index in [2.05, 4.69) is 16.0 Å². The van der Waals surface area contributed by atoms with Crippen LogP contribution in [0.2, 0.25) is 0 Å². The maximum Gasteiger partial charge on any atom is 0.418 e. The third kappa shape index (κ3) is 4.74. The summed E-state index contributed by atoms with van der Waals surface area (Å²) in [4.78, 5) is 25.2. The van der Waals surface area contributed by atoms with Gasteiger partial charge in [0, 0.05) is 5.70 Å². The molecule has 0 unspecified atom stereocenters. The largest absolute Gasteiger partial charge is 0.418 e. The molecule has 1 aliphatic rings. The number of allylic oxidation sites excluding steroid dienone is 1. The summed E-state index contributed by atoms with van der Waals surface area (Å²) >= 11 is 0. The van der Waals surface area contributed by atoms with E-state index in [1.807, 2.05) is 42.5 Å². The van der Waals surface area contributed by atoms with Gasteiger partial charge in [-0.25, -0.2) is 4.79 Å². The fourth-order valence-corrected chi connectivity index (χ4v) is 3.77. The number of carbonyl (C=O) groups is 2. The van der Waals surface area contributed by atoms with Gasteiger partial charge in [-0.15, -0.1) is 0 Å². The van der Waals surface area contributed by atoms with E-state index in [1.165, 1.54) is 25.1 Å². The van der Waals surface area contributed by atoms with Gasteiger partial charge in [0.25, 0.3) is 5.91 Å². The first-order valence-electron chi connectivity index (χ1n) is 10.2. The van der Waals surface area contributed by atoms with Crippen LogP contribution in [0.1, 0.15) is 24.1 Å². The van der Waals surface area contributed by atoms with E-state index >= 15 is 0 Å². The second kappa shape index (κ2) is 8.82. The number of para-hydroxylation sites is 1. The van der Waals surface area contributed by atoms with Gasteiger partial charge in [0.05, 0.1) is 22.9 Å². The molecule has 0 saturated heterocycles. The first-order valence-corrected chi connectivity index (χ1v) is 10.2. The van der Waals surface area contributed by atoms with Crippen molar-refractivity contribution in [2.75, 3.05) is 5.32 Å². The van der Waals surface area contributed by atoms with Crippen LogP contribution >= 0.6 is 0 Å². The molecular weight excluding hydrogens is 431 g/mol. The van der Waals surface area contributed by atoms with Gasteiger partial charge in [0.15, 0.2) is 0 Å². The molecule has 0 spiro atoms. The fraction of sp³-hybridized carbons (Fsp3) is 0.120. The number of anilines is 1. The van der Waals surface area contributed by atoms with Crippen LogP contribution in [0.25, 0.3) is 11.1 Å². The molecule has 1 atom stereocenters. The van der Waals surface area contributed by atoms with E-state index < -0.39 is 29.7 Å².